The molecule has 0 saturated carbocycles. The SMILES string of the molecule is C1=C(CCNc2ccncc2)CCCC1. The van der Waals surface area contributed by atoms with Crippen LogP contribution in [0.2, 0.25) is 0 Å². The Morgan fingerprint density at radius 2 is 2.07 bits per heavy atom. The van der Waals surface area contributed by atoms with E-state index in [1.165, 1.54) is 37.8 Å². The maximum atomic E-state index is 3.99. The minimum absolute atomic E-state index is 1.04. The fourth-order valence-corrected chi connectivity index (χ4v) is 1.97. The van der Waals surface area contributed by atoms with Crippen LogP contribution in [0.15, 0.2) is 36.2 Å². The Bertz CT molecular complexity index is 317. The van der Waals surface area contributed by atoms with Gasteiger partial charge >= 0.3 is 0 Å². The van der Waals surface area contributed by atoms with Gasteiger partial charge in [-0.1, -0.05) is 11.6 Å². The molecule has 1 aromatic rings. The Balaban J connectivity index is 1.73. The quantitative estimate of drug-likeness (QED) is 0.757. The van der Waals surface area contributed by atoms with Crippen LogP contribution in [0.1, 0.15) is 32.1 Å². The third-order valence-electron chi connectivity index (χ3n) is 2.84. The molecule has 0 fully saturated rings. The van der Waals surface area contributed by atoms with Crippen LogP contribution in [-0.4, -0.2) is 11.5 Å². The highest BCUT2D eigenvalue weighted by molar-refractivity contribution is 5.40. The lowest BCUT2D eigenvalue weighted by molar-refractivity contribution is 0.679. The van der Waals surface area contributed by atoms with Crippen molar-refractivity contribution in [1.82, 2.24) is 4.98 Å². The number of allylic oxidation sites excluding steroid dienone is 1. The molecule has 15 heavy (non-hydrogen) atoms. The van der Waals surface area contributed by atoms with Gasteiger partial charge in [-0.3, -0.25) is 4.98 Å². The van der Waals surface area contributed by atoms with Crippen molar-refractivity contribution in [1.29, 1.82) is 0 Å². The van der Waals surface area contributed by atoms with Crippen molar-refractivity contribution >= 4 is 5.69 Å². The minimum Gasteiger partial charge on any atom is -0.385 e. The first-order valence-corrected chi connectivity index (χ1v) is 5.77. The van der Waals surface area contributed by atoms with Gasteiger partial charge in [0.05, 0.1) is 0 Å². The van der Waals surface area contributed by atoms with Crippen LogP contribution >= 0.6 is 0 Å². The van der Waals surface area contributed by atoms with Gasteiger partial charge < -0.3 is 5.32 Å². The highest BCUT2D eigenvalue weighted by Crippen LogP contribution is 2.19. The Kier molecular flexibility index (Phi) is 3.77. The molecule has 2 heteroatoms. The molecule has 0 atom stereocenters. The predicted octanol–water partition coefficient (Wildman–Crippen LogP) is 3.38. The number of anilines is 1. The molecule has 1 aromatic heterocycles. The highest BCUT2D eigenvalue weighted by Gasteiger charge is 2.02. The van der Waals surface area contributed by atoms with E-state index in [0.717, 1.165) is 6.54 Å². The van der Waals surface area contributed by atoms with Gasteiger partial charge in [-0.05, 0) is 44.2 Å². The molecule has 0 aromatic carbocycles. The average molecular weight is 202 g/mol. The van der Waals surface area contributed by atoms with Crippen molar-refractivity contribution in [3.05, 3.63) is 36.2 Å². The Morgan fingerprint density at radius 3 is 2.80 bits per heavy atom. The molecule has 2 nitrogen and oxygen atoms in total. The largest absolute Gasteiger partial charge is 0.385 e. The molecule has 2 rings (SSSR count). The van der Waals surface area contributed by atoms with Crippen LogP contribution in [-0.2, 0) is 0 Å². The summed E-state index contributed by atoms with van der Waals surface area (Å²) in [6.45, 7) is 1.04. The van der Waals surface area contributed by atoms with Crippen molar-refractivity contribution in [2.24, 2.45) is 0 Å². The van der Waals surface area contributed by atoms with Gasteiger partial charge in [0, 0.05) is 24.6 Å². The number of aromatic nitrogens is 1. The number of hydrogen-bond donors (Lipinski definition) is 1. The molecular formula is C13H18N2. The Morgan fingerprint density at radius 1 is 1.20 bits per heavy atom. The lowest BCUT2D eigenvalue weighted by Gasteiger charge is -2.13. The summed E-state index contributed by atoms with van der Waals surface area (Å²) in [6, 6.07) is 4.02. The molecule has 1 N–H and O–H groups in total. The second-order valence-electron chi connectivity index (χ2n) is 4.02. The molecule has 80 valence electrons. The number of nitrogens with one attached hydrogen (secondary N) is 1. The maximum Gasteiger partial charge on any atom is 0.0371 e. The Hall–Kier alpha value is -1.31. The minimum atomic E-state index is 1.04. The molecular weight excluding hydrogens is 184 g/mol. The second kappa shape index (κ2) is 5.54. The van der Waals surface area contributed by atoms with Crippen molar-refractivity contribution in [3.8, 4) is 0 Å². The van der Waals surface area contributed by atoms with Gasteiger partial charge in [0.1, 0.15) is 0 Å². The zero-order chi connectivity index (χ0) is 10.3. The summed E-state index contributed by atoms with van der Waals surface area (Å²) in [6.07, 6.45) is 12.6. The molecule has 0 aliphatic heterocycles. The Labute approximate surface area is 91.4 Å². The zero-order valence-electron chi connectivity index (χ0n) is 9.08. The van der Waals surface area contributed by atoms with E-state index in [0.29, 0.717) is 0 Å². The van der Waals surface area contributed by atoms with Crippen LogP contribution in [0.25, 0.3) is 0 Å². The summed E-state index contributed by atoms with van der Waals surface area (Å²) in [5.74, 6) is 0. The molecule has 0 bridgehead atoms. The second-order valence-corrected chi connectivity index (χ2v) is 4.02. The highest BCUT2D eigenvalue weighted by atomic mass is 14.9. The summed E-state index contributed by atoms with van der Waals surface area (Å²) in [4.78, 5) is 3.99. The lowest BCUT2D eigenvalue weighted by Crippen LogP contribution is -2.04. The fourth-order valence-electron chi connectivity index (χ4n) is 1.97. The third kappa shape index (κ3) is 3.39. The molecule has 0 spiro atoms. The van der Waals surface area contributed by atoms with Crippen LogP contribution in [0, 0.1) is 0 Å². The average Bonchev–Trinajstić information content (AvgIpc) is 2.32. The van der Waals surface area contributed by atoms with E-state index >= 15 is 0 Å². The molecule has 0 saturated heterocycles. The number of nitrogens with zero attached hydrogens (tertiary/aromatic N) is 1. The number of pyridine rings is 1. The van der Waals surface area contributed by atoms with Crippen molar-refractivity contribution < 1.29 is 0 Å². The zero-order valence-corrected chi connectivity index (χ0v) is 9.08. The summed E-state index contributed by atoms with van der Waals surface area (Å²) < 4.78 is 0. The molecule has 0 amide bonds. The first kappa shape index (κ1) is 10.2. The monoisotopic (exact) mass is 202 g/mol. The molecule has 1 aliphatic carbocycles. The van der Waals surface area contributed by atoms with E-state index in [1.807, 2.05) is 24.5 Å². The number of hydrogen-bond acceptors (Lipinski definition) is 2. The van der Waals surface area contributed by atoms with Gasteiger partial charge in [-0.2, -0.15) is 0 Å². The van der Waals surface area contributed by atoms with Crippen LogP contribution < -0.4 is 5.32 Å². The van der Waals surface area contributed by atoms with E-state index < -0.39 is 0 Å². The van der Waals surface area contributed by atoms with Crippen LogP contribution in [0.5, 0.6) is 0 Å². The van der Waals surface area contributed by atoms with E-state index in [4.69, 9.17) is 0 Å². The smallest absolute Gasteiger partial charge is 0.0371 e. The first-order valence-electron chi connectivity index (χ1n) is 5.77. The van der Waals surface area contributed by atoms with Gasteiger partial charge in [0.2, 0.25) is 0 Å². The lowest BCUT2D eigenvalue weighted by atomic mass is 9.97. The van der Waals surface area contributed by atoms with Gasteiger partial charge in [-0.25, -0.2) is 0 Å². The normalized spacial score (nSPS) is 15.9. The van der Waals surface area contributed by atoms with Crippen molar-refractivity contribution in [2.75, 3.05) is 11.9 Å². The maximum absolute atomic E-state index is 3.99. The van der Waals surface area contributed by atoms with Crippen LogP contribution in [0.4, 0.5) is 5.69 Å². The fraction of sp³-hybridized carbons (Fsp3) is 0.462. The predicted molar refractivity (Wildman–Crippen MR) is 63.9 cm³/mol. The van der Waals surface area contributed by atoms with Crippen LogP contribution in [0.3, 0.4) is 0 Å². The third-order valence-corrected chi connectivity index (χ3v) is 2.84. The van der Waals surface area contributed by atoms with E-state index in [-0.39, 0.29) is 0 Å². The van der Waals surface area contributed by atoms with Crippen molar-refractivity contribution in [3.63, 3.8) is 0 Å². The number of rotatable bonds is 4. The van der Waals surface area contributed by atoms with Crippen molar-refractivity contribution in [2.45, 2.75) is 32.1 Å². The van der Waals surface area contributed by atoms with E-state index in [1.54, 1.807) is 5.57 Å². The summed E-state index contributed by atoms with van der Waals surface area (Å²) in [5, 5.41) is 3.41. The first-order chi connectivity index (χ1) is 7.45. The summed E-state index contributed by atoms with van der Waals surface area (Å²) in [5.41, 5.74) is 2.80. The molecule has 0 unspecified atom stereocenters. The topological polar surface area (TPSA) is 24.9 Å². The van der Waals surface area contributed by atoms with Gasteiger partial charge in [0.15, 0.2) is 0 Å². The molecule has 0 radical (unpaired) electrons. The summed E-state index contributed by atoms with van der Waals surface area (Å²) >= 11 is 0. The summed E-state index contributed by atoms with van der Waals surface area (Å²) in [7, 11) is 0. The molecule has 1 heterocycles. The van der Waals surface area contributed by atoms with E-state index in [9.17, 15) is 0 Å². The standard InChI is InChI=1S/C13H18N2/c1-2-4-12(5-3-1)6-11-15-13-7-9-14-10-8-13/h4,7-10H,1-3,5-6,11H2,(H,14,15). The van der Waals surface area contributed by atoms with Gasteiger partial charge in [-0.15, -0.1) is 0 Å². The van der Waals surface area contributed by atoms with Gasteiger partial charge in [0.25, 0.3) is 0 Å². The molecule has 1 aliphatic rings. The van der Waals surface area contributed by atoms with E-state index in [2.05, 4.69) is 16.4 Å².